The molecule has 2 aromatic rings. The van der Waals surface area contributed by atoms with Gasteiger partial charge >= 0.3 is 5.97 Å². The summed E-state index contributed by atoms with van der Waals surface area (Å²) in [6.07, 6.45) is 1.69. The van der Waals surface area contributed by atoms with E-state index in [1.54, 1.807) is 13.2 Å². The number of hydrogen-bond acceptors (Lipinski definition) is 5. The molecule has 2 heterocycles. The predicted molar refractivity (Wildman–Crippen MR) is 69.5 cm³/mol. The largest absolute Gasteiger partial charge is 0.480 e. The number of likely N-dealkylation sites (N-methyl/N-ethyl adjacent to an activating group) is 1. The van der Waals surface area contributed by atoms with Crippen LogP contribution in [0.5, 0.6) is 0 Å². The average molecular weight is 263 g/mol. The van der Waals surface area contributed by atoms with Gasteiger partial charge in [0.05, 0.1) is 16.3 Å². The summed E-state index contributed by atoms with van der Waals surface area (Å²) < 4.78 is 0. The zero-order valence-electron chi connectivity index (χ0n) is 10.0. The van der Waals surface area contributed by atoms with Crippen molar-refractivity contribution in [2.75, 3.05) is 7.05 Å². The topological polar surface area (TPSA) is 75.1 Å². The number of rotatable bonds is 4. The zero-order valence-corrected chi connectivity index (χ0v) is 10.9. The Balaban J connectivity index is 2.41. The van der Waals surface area contributed by atoms with Gasteiger partial charge in [0, 0.05) is 6.20 Å². The summed E-state index contributed by atoms with van der Waals surface area (Å²) in [7, 11) is 1.62. The second kappa shape index (κ2) is 5.24. The molecule has 0 aliphatic rings. The van der Waals surface area contributed by atoms with Gasteiger partial charge in [0.25, 0.3) is 0 Å². The van der Waals surface area contributed by atoms with Crippen molar-refractivity contribution in [3.63, 3.8) is 0 Å². The Morgan fingerprint density at radius 2 is 2.28 bits per heavy atom. The predicted octanol–water partition coefficient (Wildman–Crippen LogP) is 1.86. The maximum absolute atomic E-state index is 11.1. The first-order valence-electron chi connectivity index (χ1n) is 5.42. The van der Waals surface area contributed by atoms with Gasteiger partial charge in [0.15, 0.2) is 0 Å². The van der Waals surface area contributed by atoms with Crippen molar-refractivity contribution in [3.8, 4) is 10.7 Å². The van der Waals surface area contributed by atoms with Crippen LogP contribution in [0.3, 0.4) is 0 Å². The Kier molecular flexibility index (Phi) is 3.69. The van der Waals surface area contributed by atoms with Crippen molar-refractivity contribution in [2.24, 2.45) is 0 Å². The fourth-order valence-corrected chi connectivity index (χ4v) is 2.79. The fourth-order valence-electron chi connectivity index (χ4n) is 1.64. The molecule has 2 N–H and O–H groups in total. The minimum Gasteiger partial charge on any atom is -0.480 e. The van der Waals surface area contributed by atoms with Crippen LogP contribution in [0, 0.1) is 6.92 Å². The third kappa shape index (κ3) is 2.39. The van der Waals surface area contributed by atoms with E-state index in [1.165, 1.54) is 11.3 Å². The van der Waals surface area contributed by atoms with E-state index < -0.39 is 12.0 Å². The Labute approximate surface area is 109 Å². The molecule has 6 heteroatoms. The first-order chi connectivity index (χ1) is 8.63. The molecule has 0 fully saturated rings. The van der Waals surface area contributed by atoms with Crippen molar-refractivity contribution in [1.82, 2.24) is 15.3 Å². The van der Waals surface area contributed by atoms with E-state index in [0.29, 0.717) is 4.88 Å². The number of pyridine rings is 1. The van der Waals surface area contributed by atoms with Crippen LogP contribution in [0.1, 0.15) is 16.6 Å². The minimum atomic E-state index is -0.906. The zero-order chi connectivity index (χ0) is 13.1. The molecule has 0 bridgehead atoms. The Morgan fingerprint density at radius 1 is 1.50 bits per heavy atom. The van der Waals surface area contributed by atoms with Gasteiger partial charge in [0.2, 0.25) is 0 Å². The van der Waals surface area contributed by atoms with Crippen molar-refractivity contribution >= 4 is 17.3 Å². The first-order valence-corrected chi connectivity index (χ1v) is 6.24. The summed E-state index contributed by atoms with van der Waals surface area (Å²) in [4.78, 5) is 20.4. The number of thiazole rings is 1. The van der Waals surface area contributed by atoms with Gasteiger partial charge in [-0.3, -0.25) is 9.78 Å². The quantitative estimate of drug-likeness (QED) is 0.880. The normalized spacial score (nSPS) is 12.3. The fraction of sp³-hybridized carbons (Fsp3) is 0.250. The highest BCUT2D eigenvalue weighted by molar-refractivity contribution is 7.15. The van der Waals surface area contributed by atoms with Gasteiger partial charge in [-0.1, -0.05) is 6.07 Å². The molecule has 1 unspecified atom stereocenters. The molecule has 0 aliphatic carbocycles. The van der Waals surface area contributed by atoms with Crippen molar-refractivity contribution < 1.29 is 9.90 Å². The highest BCUT2D eigenvalue weighted by atomic mass is 32.1. The second-order valence-corrected chi connectivity index (χ2v) is 4.77. The van der Waals surface area contributed by atoms with Crippen LogP contribution < -0.4 is 5.32 Å². The van der Waals surface area contributed by atoms with Crippen LogP contribution in [-0.4, -0.2) is 28.1 Å². The summed E-state index contributed by atoms with van der Waals surface area (Å²) in [6, 6.07) is 4.85. The van der Waals surface area contributed by atoms with E-state index in [-0.39, 0.29) is 0 Å². The molecule has 2 rings (SSSR count). The minimum absolute atomic E-state index is 0.714. The number of nitrogens with one attached hydrogen (secondary N) is 1. The summed E-state index contributed by atoms with van der Waals surface area (Å²) in [6.45, 7) is 1.81. The van der Waals surface area contributed by atoms with Gasteiger partial charge in [-0.2, -0.15) is 0 Å². The monoisotopic (exact) mass is 263 g/mol. The standard InChI is InChI=1S/C12H13N3O2S/c1-7-10(9(13-2)12(16)17)18-11(15-7)8-5-3-4-6-14-8/h3-6,9,13H,1-2H3,(H,16,17). The molecule has 0 spiro atoms. The number of carboxylic acids is 1. The van der Waals surface area contributed by atoms with Crippen molar-refractivity contribution in [2.45, 2.75) is 13.0 Å². The Morgan fingerprint density at radius 3 is 2.83 bits per heavy atom. The number of aryl methyl sites for hydroxylation is 1. The molecule has 5 nitrogen and oxygen atoms in total. The van der Waals surface area contributed by atoms with Gasteiger partial charge in [0.1, 0.15) is 11.0 Å². The maximum atomic E-state index is 11.1. The molecule has 0 aromatic carbocycles. The van der Waals surface area contributed by atoms with E-state index >= 15 is 0 Å². The van der Waals surface area contributed by atoms with Crippen LogP contribution in [0.25, 0.3) is 10.7 Å². The third-order valence-corrected chi connectivity index (χ3v) is 3.76. The number of aromatic nitrogens is 2. The SMILES string of the molecule is CNC(C(=O)O)c1sc(-c2ccccn2)nc1C. The summed E-state index contributed by atoms with van der Waals surface area (Å²) in [5.41, 5.74) is 1.49. The summed E-state index contributed by atoms with van der Waals surface area (Å²) >= 11 is 1.36. The molecule has 0 amide bonds. The number of hydrogen-bond donors (Lipinski definition) is 2. The van der Waals surface area contributed by atoms with Crippen LogP contribution >= 0.6 is 11.3 Å². The summed E-state index contributed by atoms with van der Waals surface area (Å²) in [5, 5.41) is 12.6. The third-order valence-electron chi connectivity index (χ3n) is 2.51. The van der Waals surface area contributed by atoms with Crippen LogP contribution in [0.2, 0.25) is 0 Å². The molecule has 2 aromatic heterocycles. The molecule has 1 atom stereocenters. The number of carboxylic acid groups (broad SMARTS) is 1. The lowest BCUT2D eigenvalue weighted by atomic mass is 10.2. The highest BCUT2D eigenvalue weighted by Crippen LogP contribution is 2.30. The lowest BCUT2D eigenvalue weighted by molar-refractivity contribution is -0.139. The Bertz CT molecular complexity index is 554. The molecule has 0 saturated heterocycles. The van der Waals surface area contributed by atoms with Gasteiger partial charge in [-0.05, 0) is 26.1 Å². The van der Waals surface area contributed by atoms with E-state index in [1.807, 2.05) is 25.1 Å². The number of aliphatic carboxylic acids is 1. The summed E-state index contributed by atoms with van der Waals surface area (Å²) in [5.74, 6) is -0.906. The molecule has 18 heavy (non-hydrogen) atoms. The molecule has 0 aliphatic heterocycles. The van der Waals surface area contributed by atoms with Crippen LogP contribution in [0.15, 0.2) is 24.4 Å². The van der Waals surface area contributed by atoms with E-state index in [9.17, 15) is 4.79 Å². The number of carbonyl (C=O) groups is 1. The molecule has 0 saturated carbocycles. The van der Waals surface area contributed by atoms with Gasteiger partial charge in [-0.15, -0.1) is 11.3 Å². The first kappa shape index (κ1) is 12.7. The second-order valence-electron chi connectivity index (χ2n) is 3.74. The molecule has 0 radical (unpaired) electrons. The van der Waals surface area contributed by atoms with E-state index in [0.717, 1.165) is 16.4 Å². The lowest BCUT2D eigenvalue weighted by Gasteiger charge is -2.08. The lowest BCUT2D eigenvalue weighted by Crippen LogP contribution is -2.24. The smallest absolute Gasteiger partial charge is 0.326 e. The van der Waals surface area contributed by atoms with E-state index in [4.69, 9.17) is 5.11 Å². The van der Waals surface area contributed by atoms with Crippen LogP contribution in [0.4, 0.5) is 0 Å². The van der Waals surface area contributed by atoms with Crippen LogP contribution in [-0.2, 0) is 4.79 Å². The van der Waals surface area contributed by atoms with Gasteiger partial charge in [-0.25, -0.2) is 4.98 Å². The Hall–Kier alpha value is -1.79. The molecular weight excluding hydrogens is 250 g/mol. The molecular formula is C12H13N3O2S. The molecule has 94 valence electrons. The number of nitrogens with zero attached hydrogens (tertiary/aromatic N) is 2. The average Bonchev–Trinajstić information content (AvgIpc) is 2.73. The van der Waals surface area contributed by atoms with Gasteiger partial charge < -0.3 is 10.4 Å². The maximum Gasteiger partial charge on any atom is 0.326 e. The van der Waals surface area contributed by atoms with E-state index in [2.05, 4.69) is 15.3 Å². The highest BCUT2D eigenvalue weighted by Gasteiger charge is 2.23. The van der Waals surface area contributed by atoms with Crippen molar-refractivity contribution in [3.05, 3.63) is 35.0 Å². The van der Waals surface area contributed by atoms with Crippen molar-refractivity contribution in [1.29, 1.82) is 0 Å².